The number of carbonyl (C=O) groups is 3. The highest BCUT2D eigenvalue weighted by molar-refractivity contribution is 6.01. The van der Waals surface area contributed by atoms with Crippen LogP contribution >= 0.6 is 0 Å². The van der Waals surface area contributed by atoms with Gasteiger partial charge in [0.15, 0.2) is 17.7 Å². The monoisotopic (exact) mass is 923 g/mol. The summed E-state index contributed by atoms with van der Waals surface area (Å²) in [5.74, 6) is -1.53. The minimum atomic E-state index is -0.736. The van der Waals surface area contributed by atoms with E-state index in [0.29, 0.717) is 80.9 Å². The van der Waals surface area contributed by atoms with Crippen LogP contribution in [0.3, 0.4) is 0 Å². The summed E-state index contributed by atoms with van der Waals surface area (Å²) in [4.78, 5) is 55.1. The van der Waals surface area contributed by atoms with Gasteiger partial charge >= 0.3 is 0 Å². The molecule has 2 aromatic carbocycles. The average molecular weight is 924 g/mol. The maximum atomic E-state index is 15.4. The van der Waals surface area contributed by atoms with E-state index in [1.807, 2.05) is 70.6 Å². The molecule has 3 aliphatic heterocycles. The average Bonchev–Trinajstić information content (AvgIpc) is 4.04. The lowest BCUT2D eigenvalue weighted by molar-refractivity contribution is -0.142. The van der Waals surface area contributed by atoms with E-state index in [-0.39, 0.29) is 42.1 Å². The van der Waals surface area contributed by atoms with E-state index in [2.05, 4.69) is 31.6 Å². The van der Waals surface area contributed by atoms with E-state index in [0.717, 1.165) is 48.2 Å². The summed E-state index contributed by atoms with van der Waals surface area (Å²) >= 11 is 0. The van der Waals surface area contributed by atoms with Gasteiger partial charge in [-0.2, -0.15) is 15.5 Å². The zero-order chi connectivity index (χ0) is 46.9. The molecule has 3 amide bonds. The summed E-state index contributed by atoms with van der Waals surface area (Å²) in [6, 6.07) is 17.9. The Bertz CT molecular complexity index is 2840. The number of halogens is 2. The van der Waals surface area contributed by atoms with Crippen molar-refractivity contribution in [2.75, 3.05) is 74.6 Å². The van der Waals surface area contributed by atoms with E-state index in [9.17, 15) is 19.6 Å². The summed E-state index contributed by atoms with van der Waals surface area (Å²) in [7, 11) is 1.56. The second-order valence-electron chi connectivity index (χ2n) is 17.8. The molecule has 0 spiro atoms. The Hall–Kier alpha value is -7.30. The molecule has 68 heavy (non-hydrogen) atoms. The first-order valence-corrected chi connectivity index (χ1v) is 23.1. The van der Waals surface area contributed by atoms with Gasteiger partial charge in [-0.25, -0.2) is 23.3 Å². The van der Waals surface area contributed by atoms with Crippen molar-refractivity contribution in [1.82, 2.24) is 44.5 Å². The Labute approximate surface area is 391 Å². The lowest BCUT2D eigenvalue weighted by Crippen LogP contribution is -2.51. The molecule has 6 aromatic rings. The van der Waals surface area contributed by atoms with Gasteiger partial charge in [0.2, 0.25) is 11.8 Å². The predicted octanol–water partition coefficient (Wildman–Crippen LogP) is 5.36. The molecule has 350 valence electrons. The number of rotatable bonds is 11. The van der Waals surface area contributed by atoms with Gasteiger partial charge in [-0.05, 0) is 61.9 Å². The Morgan fingerprint density at radius 1 is 0.838 bits per heavy atom. The number of aromatic nitrogens is 6. The van der Waals surface area contributed by atoms with Crippen LogP contribution in [0.2, 0.25) is 0 Å². The molecule has 10 rings (SSSR count). The molecule has 4 aliphatic rings. The number of carbonyl (C=O) groups excluding carboxylic acids is 3. The zero-order valence-electron chi connectivity index (χ0n) is 37.6. The molecule has 1 unspecified atom stereocenters. The smallest absolute Gasteiger partial charge is 0.256 e. The second-order valence-corrected chi connectivity index (χ2v) is 17.8. The van der Waals surface area contributed by atoms with Gasteiger partial charge < -0.3 is 24.8 Å². The molecule has 7 heterocycles. The minimum Gasteiger partial charge on any atom is -0.373 e. The van der Waals surface area contributed by atoms with Crippen LogP contribution in [0.4, 0.5) is 26.0 Å². The molecule has 0 bridgehead atoms. The third-order valence-corrected chi connectivity index (χ3v) is 13.8. The first kappa shape index (κ1) is 44.5. The van der Waals surface area contributed by atoms with Gasteiger partial charge in [-0.1, -0.05) is 30.3 Å². The van der Waals surface area contributed by atoms with Gasteiger partial charge in [0.05, 0.1) is 36.0 Å². The maximum Gasteiger partial charge on any atom is 0.256 e. The fourth-order valence-corrected chi connectivity index (χ4v) is 10.1. The van der Waals surface area contributed by atoms with E-state index in [1.165, 1.54) is 12.1 Å². The van der Waals surface area contributed by atoms with Gasteiger partial charge in [0.1, 0.15) is 34.7 Å². The van der Waals surface area contributed by atoms with E-state index < -0.39 is 29.7 Å². The lowest BCUT2D eigenvalue weighted by atomic mass is 9.90. The number of fused-ring (bicyclic) bond motifs is 1. The third kappa shape index (κ3) is 8.96. The van der Waals surface area contributed by atoms with E-state index in [4.69, 9.17) is 19.8 Å². The predicted molar refractivity (Wildman–Crippen MR) is 248 cm³/mol. The molecular weight excluding hydrogens is 873 g/mol. The number of nitriles is 1. The number of nitrogens with zero attached hydrogens (tertiary/aromatic N) is 11. The van der Waals surface area contributed by atoms with Crippen LogP contribution in [0, 0.1) is 23.0 Å². The highest BCUT2D eigenvalue weighted by atomic mass is 19.1. The van der Waals surface area contributed by atoms with E-state index >= 15 is 8.78 Å². The number of hydrogen-bond acceptors (Lipinski definition) is 13. The van der Waals surface area contributed by atoms with E-state index in [1.54, 1.807) is 28.9 Å². The summed E-state index contributed by atoms with van der Waals surface area (Å²) < 4.78 is 40.1. The molecule has 2 atom stereocenters. The fourth-order valence-electron chi connectivity index (χ4n) is 10.1. The molecule has 3 saturated heterocycles. The SMILES string of the molecule is CO[C@@H](C(=O)N1CCN(c2ccc(-c3nc(-c4cnn([C@H]5CC[C@H](N6CCN(c7c(F)cc(NC8CCC(=O)NC8=O)cc7F)CC6)CC5)c4)cn4ncc(C#N)c34)cn2)CC1)c1ccccc1. The summed E-state index contributed by atoms with van der Waals surface area (Å²) in [5.41, 5.74) is 4.69. The van der Waals surface area contributed by atoms with Crippen molar-refractivity contribution < 1.29 is 27.9 Å². The van der Waals surface area contributed by atoms with Crippen LogP contribution in [-0.2, 0) is 19.1 Å². The van der Waals surface area contributed by atoms with Crippen molar-refractivity contribution >= 4 is 40.4 Å². The number of pyridine rings is 1. The Morgan fingerprint density at radius 2 is 1.56 bits per heavy atom. The molecule has 4 fully saturated rings. The van der Waals surface area contributed by atoms with Crippen LogP contribution in [0.15, 0.2) is 85.6 Å². The zero-order valence-corrected chi connectivity index (χ0v) is 37.6. The van der Waals surface area contributed by atoms with Crippen LogP contribution in [0.5, 0.6) is 0 Å². The van der Waals surface area contributed by atoms with Crippen molar-refractivity contribution in [3.8, 4) is 28.6 Å². The fraction of sp³-hybridized carbons (Fsp3) is 0.388. The molecule has 0 radical (unpaired) electrons. The summed E-state index contributed by atoms with van der Waals surface area (Å²) in [6.07, 6.45) is 12.5. The lowest BCUT2D eigenvalue weighted by Gasteiger charge is -2.42. The number of anilines is 3. The second kappa shape index (κ2) is 19.1. The molecule has 2 N–H and O–H groups in total. The molecule has 1 saturated carbocycles. The number of amides is 3. The van der Waals surface area contributed by atoms with Crippen molar-refractivity contribution in [3.63, 3.8) is 0 Å². The Balaban J connectivity index is 0.757. The highest BCUT2D eigenvalue weighted by Crippen LogP contribution is 2.35. The van der Waals surface area contributed by atoms with Crippen molar-refractivity contribution in [3.05, 3.63) is 108 Å². The number of methoxy groups -OCH3 is 1. The van der Waals surface area contributed by atoms with Crippen LogP contribution in [0.1, 0.15) is 61.8 Å². The Morgan fingerprint density at radius 3 is 2.24 bits per heavy atom. The number of benzene rings is 2. The molecule has 1 aliphatic carbocycles. The first-order valence-electron chi connectivity index (χ1n) is 23.1. The highest BCUT2D eigenvalue weighted by Gasteiger charge is 2.33. The van der Waals surface area contributed by atoms with Crippen LogP contribution < -0.4 is 20.4 Å². The summed E-state index contributed by atoms with van der Waals surface area (Å²) in [5, 5.41) is 24.4. The third-order valence-electron chi connectivity index (χ3n) is 13.8. The van der Waals surface area contributed by atoms with Gasteiger partial charge in [0, 0.05) is 101 Å². The van der Waals surface area contributed by atoms with Crippen LogP contribution in [0.25, 0.3) is 28.0 Å². The standard InChI is InChI=1S/C49H51F2N13O4/c1-68-47(31-5-3-2-4-6-31)49(67)62-21-17-60(18-22-62)42-13-7-32(26-53-42)44-45-33(25-52)27-55-64(45)30-41(57-44)34-28-54-63(29-34)37-10-8-36(9-11-37)59-15-19-61(20-16-59)46-38(50)23-35(24-39(46)51)56-40-12-14-43(65)58-48(40)66/h2-7,13,23-24,26-30,36-37,40,47,56H,8-12,14-22H2,1H3,(H,58,65,66)/t36-,37-,40?,47-/m1/s1. The molecular formula is C49H51F2N13O4. The topological polar surface area (TPSA) is 182 Å². The van der Waals surface area contributed by atoms with Gasteiger partial charge in [-0.3, -0.25) is 29.3 Å². The Kier molecular flexibility index (Phi) is 12.5. The summed E-state index contributed by atoms with van der Waals surface area (Å²) in [6.45, 7) is 4.61. The molecule has 17 nitrogen and oxygen atoms in total. The van der Waals surface area contributed by atoms with Crippen LogP contribution in [-0.4, -0.2) is 128 Å². The first-order chi connectivity index (χ1) is 33.1. The van der Waals surface area contributed by atoms with Crippen molar-refractivity contribution in [1.29, 1.82) is 5.26 Å². The number of imide groups is 1. The van der Waals surface area contributed by atoms with Gasteiger partial charge in [0.25, 0.3) is 5.91 Å². The molecule has 4 aromatic heterocycles. The minimum absolute atomic E-state index is 0.0587. The molecule has 19 heteroatoms. The number of piperidine rings is 1. The normalized spacial score (nSPS) is 20.9. The maximum absolute atomic E-state index is 15.4. The van der Waals surface area contributed by atoms with Gasteiger partial charge in [-0.15, -0.1) is 0 Å². The number of ether oxygens (including phenoxy) is 1. The number of nitrogens with one attached hydrogen (secondary N) is 2. The largest absolute Gasteiger partial charge is 0.373 e. The number of piperazine rings is 2. The number of hydrogen-bond donors (Lipinski definition) is 2. The van der Waals surface area contributed by atoms with Crippen molar-refractivity contribution in [2.24, 2.45) is 0 Å². The van der Waals surface area contributed by atoms with Crippen molar-refractivity contribution in [2.45, 2.75) is 62.8 Å². The quantitative estimate of drug-likeness (QED) is 0.159.